The number of anilines is 1. The molecule has 1 N–H and O–H groups in total. The highest BCUT2D eigenvalue weighted by molar-refractivity contribution is 6.31. The number of aryl methyl sites for hydroxylation is 2. The van der Waals surface area contributed by atoms with Gasteiger partial charge in [0.15, 0.2) is 0 Å². The average molecular weight is 304 g/mol. The second-order valence-corrected chi connectivity index (χ2v) is 5.77. The number of rotatable bonds is 5. The molecule has 0 saturated heterocycles. The largest absolute Gasteiger partial charge is 0.355 e. The summed E-state index contributed by atoms with van der Waals surface area (Å²) < 4.78 is 0. The molecule has 0 atom stereocenters. The van der Waals surface area contributed by atoms with E-state index in [2.05, 4.69) is 36.3 Å². The smallest absolute Gasteiger partial charge is 0.133 e. The summed E-state index contributed by atoms with van der Waals surface area (Å²) in [5, 5.41) is 4.02. The third-order valence-corrected chi connectivity index (χ3v) is 3.90. The molecule has 1 aromatic heterocycles. The number of hydrogen-bond acceptors (Lipinski definition) is 3. The molecule has 0 spiro atoms. The SMILES string of the molecule is CNCc1c(C)cc(C)nc1N(C)Cc1ccccc1Cl. The van der Waals surface area contributed by atoms with Crippen LogP contribution in [-0.2, 0) is 13.1 Å². The van der Waals surface area contributed by atoms with Gasteiger partial charge in [-0.1, -0.05) is 29.8 Å². The number of nitrogens with one attached hydrogen (secondary N) is 1. The van der Waals surface area contributed by atoms with Crippen molar-refractivity contribution in [3.8, 4) is 0 Å². The molecule has 3 nitrogen and oxygen atoms in total. The van der Waals surface area contributed by atoms with Crippen LogP contribution in [-0.4, -0.2) is 19.1 Å². The normalized spacial score (nSPS) is 10.7. The van der Waals surface area contributed by atoms with Crippen LogP contribution in [0.3, 0.4) is 0 Å². The Morgan fingerprint density at radius 1 is 1.24 bits per heavy atom. The van der Waals surface area contributed by atoms with Crippen LogP contribution in [0, 0.1) is 13.8 Å². The molecule has 21 heavy (non-hydrogen) atoms. The monoisotopic (exact) mass is 303 g/mol. The van der Waals surface area contributed by atoms with Crippen LogP contribution in [0.5, 0.6) is 0 Å². The molecule has 0 fully saturated rings. The van der Waals surface area contributed by atoms with Crippen molar-refractivity contribution in [3.63, 3.8) is 0 Å². The van der Waals surface area contributed by atoms with Crippen LogP contribution in [0.2, 0.25) is 5.02 Å². The van der Waals surface area contributed by atoms with E-state index in [4.69, 9.17) is 16.6 Å². The van der Waals surface area contributed by atoms with Gasteiger partial charge in [0.2, 0.25) is 0 Å². The Hall–Kier alpha value is -1.58. The Morgan fingerprint density at radius 2 is 1.95 bits per heavy atom. The molecule has 0 aliphatic carbocycles. The predicted octanol–water partition coefficient (Wildman–Crippen LogP) is 3.71. The molecule has 0 aliphatic heterocycles. The molecule has 2 aromatic rings. The van der Waals surface area contributed by atoms with Crippen molar-refractivity contribution in [3.05, 3.63) is 57.7 Å². The van der Waals surface area contributed by atoms with Crippen molar-refractivity contribution < 1.29 is 0 Å². The van der Waals surface area contributed by atoms with E-state index in [9.17, 15) is 0 Å². The Kier molecular flexibility index (Phi) is 5.21. The van der Waals surface area contributed by atoms with Gasteiger partial charge in [-0.15, -0.1) is 0 Å². The fourth-order valence-corrected chi connectivity index (χ4v) is 2.71. The molecular weight excluding hydrogens is 282 g/mol. The molecule has 0 saturated carbocycles. The molecule has 0 aliphatic rings. The summed E-state index contributed by atoms with van der Waals surface area (Å²) in [5.41, 5.74) is 4.64. The summed E-state index contributed by atoms with van der Waals surface area (Å²) in [5.74, 6) is 1.02. The fourth-order valence-electron chi connectivity index (χ4n) is 2.51. The summed E-state index contributed by atoms with van der Waals surface area (Å²) in [6.45, 7) is 5.71. The zero-order chi connectivity index (χ0) is 15.4. The predicted molar refractivity (Wildman–Crippen MR) is 90.0 cm³/mol. The van der Waals surface area contributed by atoms with E-state index >= 15 is 0 Å². The molecule has 1 aromatic carbocycles. The van der Waals surface area contributed by atoms with Gasteiger partial charge in [-0.25, -0.2) is 4.98 Å². The summed E-state index contributed by atoms with van der Waals surface area (Å²) >= 11 is 6.26. The zero-order valence-electron chi connectivity index (χ0n) is 13.1. The van der Waals surface area contributed by atoms with Gasteiger partial charge in [0, 0.05) is 36.4 Å². The molecular formula is C17H22ClN3. The lowest BCUT2D eigenvalue weighted by atomic mass is 10.1. The van der Waals surface area contributed by atoms with E-state index in [1.165, 1.54) is 11.1 Å². The van der Waals surface area contributed by atoms with E-state index in [0.29, 0.717) is 0 Å². The van der Waals surface area contributed by atoms with Crippen LogP contribution in [0.4, 0.5) is 5.82 Å². The van der Waals surface area contributed by atoms with Gasteiger partial charge in [-0.3, -0.25) is 0 Å². The average Bonchev–Trinajstić information content (AvgIpc) is 2.44. The summed E-state index contributed by atoms with van der Waals surface area (Å²) in [4.78, 5) is 6.88. The van der Waals surface area contributed by atoms with Crippen molar-refractivity contribution in [2.45, 2.75) is 26.9 Å². The number of pyridine rings is 1. The highest BCUT2D eigenvalue weighted by Crippen LogP contribution is 2.25. The molecule has 112 valence electrons. The maximum absolute atomic E-state index is 6.26. The van der Waals surface area contributed by atoms with Crippen molar-refractivity contribution in [2.75, 3.05) is 19.0 Å². The minimum absolute atomic E-state index is 0.742. The first-order valence-electron chi connectivity index (χ1n) is 7.09. The second kappa shape index (κ2) is 6.92. The minimum atomic E-state index is 0.742. The van der Waals surface area contributed by atoms with Crippen LogP contribution in [0.15, 0.2) is 30.3 Å². The standard InChI is InChI=1S/C17H22ClN3/c1-12-9-13(2)20-17(15(12)10-19-3)21(4)11-14-7-5-6-8-16(14)18/h5-9,19H,10-11H2,1-4H3. The Bertz CT molecular complexity index is 625. The van der Waals surface area contributed by atoms with Crippen molar-refractivity contribution in [2.24, 2.45) is 0 Å². The molecule has 2 rings (SSSR count). The topological polar surface area (TPSA) is 28.2 Å². The first-order chi connectivity index (χ1) is 10.0. The lowest BCUT2D eigenvalue weighted by molar-refractivity contribution is 0.786. The molecule has 1 heterocycles. The van der Waals surface area contributed by atoms with Crippen molar-refractivity contribution in [1.29, 1.82) is 0 Å². The van der Waals surface area contributed by atoms with Crippen LogP contribution in [0.1, 0.15) is 22.4 Å². The number of aromatic nitrogens is 1. The van der Waals surface area contributed by atoms with E-state index < -0.39 is 0 Å². The number of nitrogens with zero attached hydrogens (tertiary/aromatic N) is 2. The molecule has 0 bridgehead atoms. The third kappa shape index (κ3) is 3.74. The van der Waals surface area contributed by atoms with Gasteiger partial charge in [-0.2, -0.15) is 0 Å². The maximum Gasteiger partial charge on any atom is 0.133 e. The second-order valence-electron chi connectivity index (χ2n) is 5.36. The van der Waals surface area contributed by atoms with Crippen LogP contribution >= 0.6 is 11.6 Å². The number of halogens is 1. The van der Waals surface area contributed by atoms with Crippen LogP contribution in [0.25, 0.3) is 0 Å². The van der Waals surface area contributed by atoms with Gasteiger partial charge in [0.25, 0.3) is 0 Å². The lowest BCUT2D eigenvalue weighted by Crippen LogP contribution is -2.22. The highest BCUT2D eigenvalue weighted by atomic mass is 35.5. The van der Waals surface area contributed by atoms with E-state index in [1.807, 2.05) is 32.2 Å². The van der Waals surface area contributed by atoms with Crippen molar-refractivity contribution >= 4 is 17.4 Å². The van der Waals surface area contributed by atoms with E-state index in [0.717, 1.165) is 35.2 Å². The molecule has 0 amide bonds. The van der Waals surface area contributed by atoms with Gasteiger partial charge >= 0.3 is 0 Å². The van der Waals surface area contributed by atoms with E-state index in [-0.39, 0.29) is 0 Å². The Labute approximate surface area is 132 Å². The fraction of sp³-hybridized carbons (Fsp3) is 0.353. The number of benzene rings is 1. The first kappa shape index (κ1) is 15.8. The quantitative estimate of drug-likeness (QED) is 0.912. The van der Waals surface area contributed by atoms with Gasteiger partial charge in [-0.05, 0) is 44.2 Å². The Morgan fingerprint density at radius 3 is 2.62 bits per heavy atom. The first-order valence-corrected chi connectivity index (χ1v) is 7.47. The maximum atomic E-state index is 6.26. The molecule has 4 heteroatoms. The Balaban J connectivity index is 2.34. The number of hydrogen-bond donors (Lipinski definition) is 1. The lowest BCUT2D eigenvalue weighted by Gasteiger charge is -2.23. The van der Waals surface area contributed by atoms with Gasteiger partial charge < -0.3 is 10.2 Å². The highest BCUT2D eigenvalue weighted by Gasteiger charge is 2.13. The van der Waals surface area contributed by atoms with Gasteiger partial charge in [0.1, 0.15) is 5.82 Å². The van der Waals surface area contributed by atoms with Crippen molar-refractivity contribution in [1.82, 2.24) is 10.3 Å². The summed E-state index contributed by atoms with van der Waals surface area (Å²) in [7, 11) is 4.01. The zero-order valence-corrected chi connectivity index (χ0v) is 13.8. The van der Waals surface area contributed by atoms with Gasteiger partial charge in [0.05, 0.1) is 0 Å². The summed E-state index contributed by atoms with van der Waals surface area (Å²) in [6, 6.07) is 10.1. The van der Waals surface area contributed by atoms with E-state index in [1.54, 1.807) is 0 Å². The third-order valence-electron chi connectivity index (χ3n) is 3.53. The minimum Gasteiger partial charge on any atom is -0.355 e. The summed E-state index contributed by atoms with van der Waals surface area (Å²) in [6.07, 6.45) is 0. The molecule has 0 radical (unpaired) electrons. The van der Waals surface area contributed by atoms with Crippen LogP contribution < -0.4 is 10.2 Å². The molecule has 0 unspecified atom stereocenters.